The molecule has 98 valence electrons. The highest BCUT2D eigenvalue weighted by Gasteiger charge is 2.12. The van der Waals surface area contributed by atoms with Crippen molar-refractivity contribution in [3.63, 3.8) is 0 Å². The maximum Gasteiger partial charge on any atom is 0.257 e. The molecular formula is C14H9ClN4O. The number of anilines is 1. The SMILES string of the molecule is O=C(Nc1nccnc1Cl)c1cccc2ncccc12. The Hall–Kier alpha value is -2.53. The Kier molecular flexibility index (Phi) is 3.26. The first-order chi connectivity index (χ1) is 9.75. The smallest absolute Gasteiger partial charge is 0.257 e. The molecule has 3 rings (SSSR count). The molecule has 0 aliphatic heterocycles. The highest BCUT2D eigenvalue weighted by atomic mass is 35.5. The fourth-order valence-corrected chi connectivity index (χ4v) is 2.03. The van der Waals surface area contributed by atoms with E-state index in [1.165, 1.54) is 12.4 Å². The Morgan fingerprint density at radius 1 is 1.00 bits per heavy atom. The van der Waals surface area contributed by atoms with Crippen molar-refractivity contribution in [1.82, 2.24) is 15.0 Å². The van der Waals surface area contributed by atoms with E-state index in [1.54, 1.807) is 24.4 Å². The molecule has 20 heavy (non-hydrogen) atoms. The first-order valence-corrected chi connectivity index (χ1v) is 6.25. The summed E-state index contributed by atoms with van der Waals surface area (Å²) in [5, 5.41) is 3.57. The number of carbonyl (C=O) groups is 1. The maximum atomic E-state index is 12.3. The Morgan fingerprint density at radius 3 is 2.70 bits per heavy atom. The molecule has 0 saturated carbocycles. The Bertz CT molecular complexity index is 785. The summed E-state index contributed by atoms with van der Waals surface area (Å²) in [7, 11) is 0. The van der Waals surface area contributed by atoms with Crippen LogP contribution in [0.15, 0.2) is 48.9 Å². The van der Waals surface area contributed by atoms with Crippen molar-refractivity contribution in [2.45, 2.75) is 0 Å². The lowest BCUT2D eigenvalue weighted by molar-refractivity contribution is 0.102. The number of fused-ring (bicyclic) bond motifs is 1. The van der Waals surface area contributed by atoms with E-state index >= 15 is 0 Å². The molecule has 0 bridgehead atoms. The molecule has 0 unspecified atom stereocenters. The minimum atomic E-state index is -0.300. The van der Waals surface area contributed by atoms with Crippen LogP contribution in [0.3, 0.4) is 0 Å². The monoisotopic (exact) mass is 284 g/mol. The number of hydrogen-bond donors (Lipinski definition) is 1. The molecule has 0 saturated heterocycles. The number of nitrogens with one attached hydrogen (secondary N) is 1. The zero-order chi connectivity index (χ0) is 13.9. The summed E-state index contributed by atoms with van der Waals surface area (Å²) in [5.74, 6) is -0.0638. The topological polar surface area (TPSA) is 67.8 Å². The normalized spacial score (nSPS) is 10.4. The molecule has 0 aliphatic rings. The van der Waals surface area contributed by atoms with E-state index in [1.807, 2.05) is 12.1 Å². The second-order valence-electron chi connectivity index (χ2n) is 4.03. The van der Waals surface area contributed by atoms with E-state index in [-0.39, 0.29) is 16.9 Å². The molecule has 1 aromatic carbocycles. The molecule has 0 atom stereocenters. The first-order valence-electron chi connectivity index (χ1n) is 5.87. The van der Waals surface area contributed by atoms with Gasteiger partial charge in [-0.1, -0.05) is 23.7 Å². The number of aromatic nitrogens is 3. The second-order valence-corrected chi connectivity index (χ2v) is 4.38. The van der Waals surface area contributed by atoms with Crippen LogP contribution >= 0.6 is 11.6 Å². The number of carbonyl (C=O) groups excluding carboxylic acids is 1. The quantitative estimate of drug-likeness (QED) is 0.785. The third-order valence-corrected chi connectivity index (χ3v) is 3.05. The van der Waals surface area contributed by atoms with Gasteiger partial charge in [0.15, 0.2) is 11.0 Å². The van der Waals surface area contributed by atoms with Crippen LogP contribution in [0.25, 0.3) is 10.9 Å². The van der Waals surface area contributed by atoms with Crippen LogP contribution in [0.2, 0.25) is 5.15 Å². The molecule has 6 heteroatoms. The molecule has 1 amide bonds. The predicted octanol–water partition coefficient (Wildman–Crippen LogP) is 2.93. The van der Waals surface area contributed by atoms with Crippen molar-refractivity contribution in [1.29, 1.82) is 0 Å². The third-order valence-electron chi connectivity index (χ3n) is 2.78. The Morgan fingerprint density at radius 2 is 1.85 bits per heavy atom. The standard InChI is InChI=1S/C14H9ClN4O/c15-12-13(18-8-7-17-12)19-14(20)10-3-1-5-11-9(10)4-2-6-16-11/h1-8H,(H,18,19,20). The number of pyridine rings is 1. The molecule has 5 nitrogen and oxygen atoms in total. The summed E-state index contributed by atoms with van der Waals surface area (Å²) < 4.78 is 0. The van der Waals surface area contributed by atoms with Gasteiger partial charge in [0.05, 0.1) is 5.52 Å². The minimum absolute atomic E-state index is 0.152. The van der Waals surface area contributed by atoms with Crippen LogP contribution < -0.4 is 5.32 Å². The fourth-order valence-electron chi connectivity index (χ4n) is 1.88. The summed E-state index contributed by atoms with van der Waals surface area (Å²) in [4.78, 5) is 24.4. The first kappa shape index (κ1) is 12.5. The van der Waals surface area contributed by atoms with Gasteiger partial charge >= 0.3 is 0 Å². The number of nitrogens with zero attached hydrogens (tertiary/aromatic N) is 3. The van der Waals surface area contributed by atoms with Crippen molar-refractivity contribution >= 4 is 34.2 Å². The average Bonchev–Trinajstić information content (AvgIpc) is 2.49. The Balaban J connectivity index is 1.99. The van der Waals surface area contributed by atoms with E-state index in [0.717, 1.165) is 10.9 Å². The van der Waals surface area contributed by atoms with E-state index in [2.05, 4.69) is 20.3 Å². The van der Waals surface area contributed by atoms with E-state index < -0.39 is 0 Å². The van der Waals surface area contributed by atoms with Crippen LogP contribution in [0, 0.1) is 0 Å². The van der Waals surface area contributed by atoms with E-state index in [9.17, 15) is 4.79 Å². The van der Waals surface area contributed by atoms with Crippen LogP contribution in [0.5, 0.6) is 0 Å². The minimum Gasteiger partial charge on any atom is -0.304 e. The van der Waals surface area contributed by atoms with Gasteiger partial charge in [-0.15, -0.1) is 0 Å². The van der Waals surface area contributed by atoms with Gasteiger partial charge in [-0.3, -0.25) is 9.78 Å². The summed E-state index contributed by atoms with van der Waals surface area (Å²) in [6.45, 7) is 0. The van der Waals surface area contributed by atoms with Crippen molar-refractivity contribution in [2.75, 3.05) is 5.32 Å². The number of benzene rings is 1. The van der Waals surface area contributed by atoms with Crippen molar-refractivity contribution < 1.29 is 4.79 Å². The fraction of sp³-hybridized carbons (Fsp3) is 0. The lowest BCUT2D eigenvalue weighted by Crippen LogP contribution is -2.14. The number of amides is 1. The van der Waals surface area contributed by atoms with E-state index in [0.29, 0.717) is 5.56 Å². The number of rotatable bonds is 2. The predicted molar refractivity (Wildman–Crippen MR) is 76.7 cm³/mol. The second kappa shape index (κ2) is 5.22. The zero-order valence-corrected chi connectivity index (χ0v) is 11.0. The van der Waals surface area contributed by atoms with Crippen LogP contribution in [-0.2, 0) is 0 Å². The van der Waals surface area contributed by atoms with Gasteiger partial charge in [-0.2, -0.15) is 0 Å². The van der Waals surface area contributed by atoms with Gasteiger partial charge < -0.3 is 5.32 Å². The lowest BCUT2D eigenvalue weighted by atomic mass is 10.1. The summed E-state index contributed by atoms with van der Waals surface area (Å²) in [6.07, 6.45) is 4.61. The van der Waals surface area contributed by atoms with Crippen molar-refractivity contribution in [3.8, 4) is 0 Å². The van der Waals surface area contributed by atoms with Crippen molar-refractivity contribution in [2.24, 2.45) is 0 Å². The summed E-state index contributed by atoms with van der Waals surface area (Å²) in [6, 6.07) is 8.98. The Labute approximate surface area is 119 Å². The number of hydrogen-bond acceptors (Lipinski definition) is 4. The van der Waals surface area contributed by atoms with E-state index in [4.69, 9.17) is 11.6 Å². The molecule has 0 radical (unpaired) electrons. The molecule has 0 fully saturated rings. The van der Waals surface area contributed by atoms with Crippen LogP contribution in [-0.4, -0.2) is 20.9 Å². The third kappa shape index (κ3) is 2.31. The van der Waals surface area contributed by atoms with Gasteiger partial charge in [0.25, 0.3) is 5.91 Å². The van der Waals surface area contributed by atoms with Crippen molar-refractivity contribution in [3.05, 3.63) is 59.6 Å². The van der Waals surface area contributed by atoms with Gasteiger partial charge in [0.2, 0.25) is 0 Å². The number of halogens is 1. The highest BCUT2D eigenvalue weighted by molar-refractivity contribution is 6.32. The molecule has 2 aromatic heterocycles. The molecule has 3 aromatic rings. The van der Waals surface area contributed by atoms with Gasteiger partial charge in [0, 0.05) is 29.5 Å². The highest BCUT2D eigenvalue weighted by Crippen LogP contribution is 2.19. The summed E-state index contributed by atoms with van der Waals surface area (Å²) >= 11 is 5.87. The zero-order valence-electron chi connectivity index (χ0n) is 10.2. The van der Waals surface area contributed by atoms with Crippen LogP contribution in [0.1, 0.15) is 10.4 Å². The molecular weight excluding hydrogens is 276 g/mol. The molecule has 2 heterocycles. The van der Waals surface area contributed by atoms with Gasteiger partial charge in [0.1, 0.15) is 0 Å². The average molecular weight is 285 g/mol. The largest absolute Gasteiger partial charge is 0.304 e. The molecule has 1 N–H and O–H groups in total. The summed E-state index contributed by atoms with van der Waals surface area (Å²) in [5.41, 5.74) is 1.27. The van der Waals surface area contributed by atoms with Gasteiger partial charge in [-0.25, -0.2) is 9.97 Å². The lowest BCUT2D eigenvalue weighted by Gasteiger charge is -2.07. The maximum absolute atomic E-state index is 12.3. The molecule has 0 aliphatic carbocycles. The van der Waals surface area contributed by atoms with Gasteiger partial charge in [-0.05, 0) is 18.2 Å². The molecule has 0 spiro atoms. The van der Waals surface area contributed by atoms with Crippen LogP contribution in [0.4, 0.5) is 5.82 Å².